The summed E-state index contributed by atoms with van der Waals surface area (Å²) in [4.78, 5) is 38.3. The molecule has 2 aliphatic heterocycles. The Bertz CT molecular complexity index is 1280. The third-order valence-electron chi connectivity index (χ3n) is 6.87. The predicted molar refractivity (Wildman–Crippen MR) is 139 cm³/mol. The third-order valence-corrected chi connectivity index (χ3v) is 7.94. The summed E-state index contributed by atoms with van der Waals surface area (Å²) in [5.74, 6) is -1.04. The van der Waals surface area contributed by atoms with Crippen molar-refractivity contribution in [2.75, 3.05) is 25.0 Å². The van der Waals surface area contributed by atoms with Gasteiger partial charge in [-0.3, -0.25) is 9.59 Å². The number of thiazole rings is 1. The Labute approximate surface area is 232 Å². The lowest BCUT2D eigenvalue weighted by Gasteiger charge is -2.32. The van der Waals surface area contributed by atoms with Crippen molar-refractivity contribution in [3.05, 3.63) is 40.9 Å². The summed E-state index contributed by atoms with van der Waals surface area (Å²) >= 11 is 0.771. The Kier molecular flexibility index (Phi) is 8.66. The topological polar surface area (TPSA) is 87.7 Å². The number of hydrogen-bond acceptors (Lipinski definition) is 7. The molecule has 4 rings (SSSR count). The molecule has 2 fully saturated rings. The molecule has 40 heavy (non-hydrogen) atoms. The zero-order chi connectivity index (χ0) is 29.4. The lowest BCUT2D eigenvalue weighted by atomic mass is 10.1. The SMILES string of the molecule is C=C1CN(C(=O)c2nc(C(=O)N3CCC[C@@H]3C)c(-c3cnc(N[C@@H](CC)C(F)(F)F)cc3C(F)F)s2)CC(C)O1. The monoisotopic (exact) mass is 587 g/mol. The van der Waals surface area contributed by atoms with Crippen LogP contribution in [0.3, 0.4) is 0 Å². The number of alkyl halides is 5. The number of amides is 2. The summed E-state index contributed by atoms with van der Waals surface area (Å²) in [5.41, 5.74) is -0.977. The first-order valence-corrected chi connectivity index (χ1v) is 13.7. The molecule has 8 nitrogen and oxygen atoms in total. The molecule has 4 heterocycles. The van der Waals surface area contributed by atoms with Gasteiger partial charge in [-0.05, 0) is 39.2 Å². The highest BCUT2D eigenvalue weighted by atomic mass is 32.1. The normalized spacial score (nSPS) is 20.6. The number of aromatic nitrogens is 2. The van der Waals surface area contributed by atoms with Crippen molar-refractivity contribution in [1.82, 2.24) is 19.8 Å². The van der Waals surface area contributed by atoms with Crippen LogP contribution in [0.1, 0.15) is 72.3 Å². The highest BCUT2D eigenvalue weighted by Gasteiger charge is 2.39. The van der Waals surface area contributed by atoms with Gasteiger partial charge in [-0.25, -0.2) is 18.7 Å². The van der Waals surface area contributed by atoms with E-state index in [4.69, 9.17) is 4.74 Å². The zero-order valence-corrected chi connectivity index (χ0v) is 23.0. The van der Waals surface area contributed by atoms with E-state index in [-0.39, 0.29) is 58.6 Å². The highest BCUT2D eigenvalue weighted by Crippen LogP contribution is 2.39. The number of rotatable bonds is 7. The summed E-state index contributed by atoms with van der Waals surface area (Å²) in [6.45, 7) is 9.49. The summed E-state index contributed by atoms with van der Waals surface area (Å²) in [5, 5.41) is 2.08. The van der Waals surface area contributed by atoms with Crippen LogP contribution in [0.5, 0.6) is 0 Å². The molecule has 0 saturated carbocycles. The average Bonchev–Trinajstić information content (AvgIpc) is 3.51. The van der Waals surface area contributed by atoms with Gasteiger partial charge in [0.1, 0.15) is 29.4 Å². The van der Waals surface area contributed by atoms with E-state index in [1.807, 2.05) is 6.92 Å². The fourth-order valence-electron chi connectivity index (χ4n) is 4.86. The molecule has 2 amide bonds. The van der Waals surface area contributed by atoms with Crippen molar-refractivity contribution in [3.8, 4) is 10.4 Å². The minimum Gasteiger partial charge on any atom is -0.492 e. The van der Waals surface area contributed by atoms with Crippen molar-refractivity contribution in [3.63, 3.8) is 0 Å². The maximum atomic E-state index is 14.3. The number of halogens is 5. The van der Waals surface area contributed by atoms with Gasteiger partial charge in [0, 0.05) is 29.9 Å². The van der Waals surface area contributed by atoms with Crippen molar-refractivity contribution in [2.24, 2.45) is 0 Å². The van der Waals surface area contributed by atoms with E-state index in [1.165, 1.54) is 11.8 Å². The molecule has 1 unspecified atom stereocenters. The smallest absolute Gasteiger partial charge is 0.408 e. The number of nitrogens with zero attached hydrogens (tertiary/aromatic N) is 4. The molecule has 0 aromatic carbocycles. The van der Waals surface area contributed by atoms with Crippen LogP contribution in [0.2, 0.25) is 0 Å². The van der Waals surface area contributed by atoms with Crippen LogP contribution < -0.4 is 5.32 Å². The fourth-order valence-corrected chi connectivity index (χ4v) is 5.92. The standard InChI is InChI=1S/C26H30F5N5O3S/c1-5-18(26(29,30)31)33-19-9-16(22(27)28)17(10-32-19)21-20(24(37)36-8-6-7-13(36)2)34-23(40-21)25(38)35-11-14(3)39-15(4)12-35/h9-10,13,15,18,22H,3,5-8,11-12H2,1-2,4H3,(H,32,33)/t13-,15?,18-/m0/s1. The van der Waals surface area contributed by atoms with E-state index in [9.17, 15) is 31.5 Å². The van der Waals surface area contributed by atoms with Gasteiger partial charge in [-0.2, -0.15) is 13.2 Å². The number of nitrogens with one attached hydrogen (secondary N) is 1. The number of pyridine rings is 1. The van der Waals surface area contributed by atoms with Gasteiger partial charge in [0.05, 0.1) is 18.0 Å². The molecular weight excluding hydrogens is 557 g/mol. The van der Waals surface area contributed by atoms with Crippen LogP contribution in [0.25, 0.3) is 10.4 Å². The lowest BCUT2D eigenvalue weighted by Crippen LogP contribution is -2.43. The zero-order valence-electron chi connectivity index (χ0n) is 22.2. The van der Waals surface area contributed by atoms with Crippen molar-refractivity contribution in [1.29, 1.82) is 0 Å². The predicted octanol–water partition coefficient (Wildman–Crippen LogP) is 5.89. The second kappa shape index (κ2) is 11.7. The van der Waals surface area contributed by atoms with E-state index in [2.05, 4.69) is 21.9 Å². The van der Waals surface area contributed by atoms with Gasteiger partial charge in [-0.15, -0.1) is 11.3 Å². The Morgan fingerprint density at radius 3 is 2.58 bits per heavy atom. The van der Waals surface area contributed by atoms with Gasteiger partial charge in [-0.1, -0.05) is 13.5 Å². The number of likely N-dealkylation sites (tertiary alicyclic amines) is 1. The molecule has 3 atom stereocenters. The minimum absolute atomic E-state index is 0.00444. The van der Waals surface area contributed by atoms with Crippen LogP contribution >= 0.6 is 11.3 Å². The Morgan fingerprint density at radius 1 is 1.27 bits per heavy atom. The van der Waals surface area contributed by atoms with Gasteiger partial charge in [0.2, 0.25) is 0 Å². The fraction of sp³-hybridized carbons (Fsp3) is 0.538. The molecule has 2 saturated heterocycles. The minimum atomic E-state index is -4.61. The number of carbonyl (C=O) groups excluding carboxylic acids is 2. The van der Waals surface area contributed by atoms with Crippen LogP contribution in [0.15, 0.2) is 24.6 Å². The maximum Gasteiger partial charge on any atom is 0.408 e. The van der Waals surface area contributed by atoms with Crippen LogP contribution in [-0.4, -0.2) is 75.6 Å². The highest BCUT2D eigenvalue weighted by molar-refractivity contribution is 7.17. The number of hydrogen-bond donors (Lipinski definition) is 1. The van der Waals surface area contributed by atoms with Gasteiger partial charge in [0.15, 0.2) is 5.01 Å². The number of anilines is 1. The van der Waals surface area contributed by atoms with Gasteiger partial charge < -0.3 is 19.9 Å². The third kappa shape index (κ3) is 6.21. The van der Waals surface area contributed by atoms with Crippen molar-refractivity contribution in [2.45, 2.75) is 70.8 Å². The first-order valence-electron chi connectivity index (χ1n) is 12.9. The molecule has 14 heteroatoms. The summed E-state index contributed by atoms with van der Waals surface area (Å²) in [6, 6.07) is -1.25. The number of morpholine rings is 1. The van der Waals surface area contributed by atoms with Crippen molar-refractivity contribution < 1.29 is 36.3 Å². The number of ether oxygens (including phenoxy) is 1. The van der Waals surface area contributed by atoms with E-state index in [0.717, 1.165) is 36.4 Å². The molecule has 2 aliphatic rings. The largest absolute Gasteiger partial charge is 0.492 e. The molecule has 1 N–H and O–H groups in total. The molecular formula is C26H30F5N5O3S. The molecule has 0 spiro atoms. The summed E-state index contributed by atoms with van der Waals surface area (Å²) in [6.07, 6.45) is -5.87. The van der Waals surface area contributed by atoms with Gasteiger partial charge >= 0.3 is 6.18 Å². The van der Waals surface area contributed by atoms with Crippen LogP contribution in [0, 0.1) is 0 Å². The molecule has 0 aliphatic carbocycles. The first-order chi connectivity index (χ1) is 18.8. The maximum absolute atomic E-state index is 14.3. The second-order valence-electron chi connectivity index (χ2n) is 9.94. The molecule has 2 aromatic rings. The van der Waals surface area contributed by atoms with Crippen LogP contribution in [-0.2, 0) is 4.74 Å². The van der Waals surface area contributed by atoms with Gasteiger partial charge in [0.25, 0.3) is 18.2 Å². The molecule has 218 valence electrons. The lowest BCUT2D eigenvalue weighted by molar-refractivity contribution is -0.142. The second-order valence-corrected chi connectivity index (χ2v) is 10.9. The summed E-state index contributed by atoms with van der Waals surface area (Å²) < 4.78 is 73.9. The van der Waals surface area contributed by atoms with E-state index < -0.39 is 36.0 Å². The summed E-state index contributed by atoms with van der Waals surface area (Å²) in [7, 11) is 0. The Balaban J connectivity index is 1.78. The number of carbonyl (C=O) groups is 2. The Hall–Kier alpha value is -3.29. The van der Waals surface area contributed by atoms with E-state index in [1.54, 1.807) is 11.8 Å². The van der Waals surface area contributed by atoms with Crippen LogP contribution in [0.4, 0.5) is 27.8 Å². The van der Waals surface area contributed by atoms with Crippen molar-refractivity contribution >= 4 is 29.0 Å². The Morgan fingerprint density at radius 2 is 2.00 bits per heavy atom. The van der Waals surface area contributed by atoms with E-state index >= 15 is 0 Å². The molecule has 0 radical (unpaired) electrons. The molecule has 2 aromatic heterocycles. The van der Waals surface area contributed by atoms with E-state index in [0.29, 0.717) is 12.3 Å². The average molecular weight is 588 g/mol. The molecule has 0 bridgehead atoms. The quantitative estimate of drug-likeness (QED) is 0.407. The first kappa shape index (κ1) is 29.7.